The Balaban J connectivity index is 2.17. The first kappa shape index (κ1) is 14.5. The standard InChI is InChI=1S/C13H26N2O2/c1-3-15(9-10-17-4-2)13(16)11-14-12-7-5-6-8-12/h12,14H,3-11H2,1-2H3. The minimum Gasteiger partial charge on any atom is -0.380 e. The van der Waals surface area contributed by atoms with Crippen LogP contribution in [0.2, 0.25) is 0 Å². The Morgan fingerprint density at radius 2 is 2.06 bits per heavy atom. The summed E-state index contributed by atoms with van der Waals surface area (Å²) in [6.07, 6.45) is 5.04. The molecule has 1 aliphatic rings. The van der Waals surface area contributed by atoms with Gasteiger partial charge in [-0.3, -0.25) is 4.79 Å². The summed E-state index contributed by atoms with van der Waals surface area (Å²) in [5.74, 6) is 0.194. The predicted molar refractivity (Wildman–Crippen MR) is 69.0 cm³/mol. The maximum Gasteiger partial charge on any atom is 0.236 e. The summed E-state index contributed by atoms with van der Waals surface area (Å²) in [6.45, 7) is 7.28. The minimum absolute atomic E-state index is 0.194. The maximum absolute atomic E-state index is 11.9. The summed E-state index contributed by atoms with van der Waals surface area (Å²) in [7, 11) is 0. The van der Waals surface area contributed by atoms with Crippen LogP contribution >= 0.6 is 0 Å². The van der Waals surface area contributed by atoms with Gasteiger partial charge in [-0.05, 0) is 26.7 Å². The van der Waals surface area contributed by atoms with Crippen LogP contribution in [0.3, 0.4) is 0 Å². The number of carbonyl (C=O) groups excluding carboxylic acids is 1. The highest BCUT2D eigenvalue weighted by Gasteiger charge is 2.17. The van der Waals surface area contributed by atoms with Crippen molar-refractivity contribution >= 4 is 5.91 Å². The number of likely N-dealkylation sites (N-methyl/N-ethyl adjacent to an activating group) is 1. The van der Waals surface area contributed by atoms with E-state index in [2.05, 4.69) is 5.32 Å². The Labute approximate surface area is 105 Å². The maximum atomic E-state index is 11.9. The van der Waals surface area contributed by atoms with E-state index in [-0.39, 0.29) is 5.91 Å². The molecule has 0 saturated heterocycles. The molecule has 1 amide bonds. The zero-order chi connectivity index (χ0) is 12.5. The van der Waals surface area contributed by atoms with Crippen LogP contribution in [-0.2, 0) is 9.53 Å². The second-order valence-corrected chi connectivity index (χ2v) is 4.53. The lowest BCUT2D eigenvalue weighted by atomic mass is 10.2. The lowest BCUT2D eigenvalue weighted by Gasteiger charge is -2.22. The summed E-state index contributed by atoms with van der Waals surface area (Å²) in [6, 6.07) is 0.560. The summed E-state index contributed by atoms with van der Waals surface area (Å²) in [5.41, 5.74) is 0. The first-order valence-electron chi connectivity index (χ1n) is 6.86. The van der Waals surface area contributed by atoms with Crippen LogP contribution in [-0.4, -0.2) is 49.7 Å². The fourth-order valence-corrected chi connectivity index (χ4v) is 2.25. The molecular formula is C13H26N2O2. The third-order valence-corrected chi connectivity index (χ3v) is 3.34. The van der Waals surface area contributed by atoms with Crippen molar-refractivity contribution in [2.75, 3.05) is 32.8 Å². The number of nitrogens with one attached hydrogen (secondary N) is 1. The molecule has 0 spiro atoms. The van der Waals surface area contributed by atoms with Gasteiger partial charge >= 0.3 is 0 Å². The molecule has 0 aromatic heterocycles. The highest BCUT2D eigenvalue weighted by molar-refractivity contribution is 5.78. The number of nitrogens with zero attached hydrogens (tertiary/aromatic N) is 1. The van der Waals surface area contributed by atoms with Gasteiger partial charge in [0.05, 0.1) is 13.2 Å². The molecule has 1 saturated carbocycles. The Morgan fingerprint density at radius 1 is 1.35 bits per heavy atom. The van der Waals surface area contributed by atoms with Crippen LogP contribution in [0.15, 0.2) is 0 Å². The van der Waals surface area contributed by atoms with Crippen LogP contribution in [0.1, 0.15) is 39.5 Å². The molecule has 4 nitrogen and oxygen atoms in total. The topological polar surface area (TPSA) is 41.6 Å². The van der Waals surface area contributed by atoms with Gasteiger partial charge < -0.3 is 15.0 Å². The smallest absolute Gasteiger partial charge is 0.236 e. The van der Waals surface area contributed by atoms with Gasteiger partial charge in [0.2, 0.25) is 5.91 Å². The molecule has 1 rings (SSSR count). The number of carbonyl (C=O) groups is 1. The van der Waals surface area contributed by atoms with Gasteiger partial charge in [-0.2, -0.15) is 0 Å². The van der Waals surface area contributed by atoms with Gasteiger partial charge in [0.1, 0.15) is 0 Å². The van der Waals surface area contributed by atoms with Gasteiger partial charge in [0.25, 0.3) is 0 Å². The molecule has 1 N–H and O–H groups in total. The zero-order valence-electron chi connectivity index (χ0n) is 11.2. The molecule has 0 aliphatic heterocycles. The Kier molecular flexibility index (Phi) is 7.21. The Morgan fingerprint density at radius 3 is 2.65 bits per heavy atom. The van der Waals surface area contributed by atoms with E-state index in [1.807, 2.05) is 18.7 Å². The highest BCUT2D eigenvalue weighted by Crippen LogP contribution is 2.17. The van der Waals surface area contributed by atoms with E-state index in [9.17, 15) is 4.79 Å². The molecule has 0 bridgehead atoms. The van der Waals surface area contributed by atoms with Crippen molar-refractivity contribution in [1.82, 2.24) is 10.2 Å². The molecule has 0 heterocycles. The molecule has 1 aliphatic carbocycles. The summed E-state index contributed by atoms with van der Waals surface area (Å²) in [4.78, 5) is 13.8. The molecule has 100 valence electrons. The van der Waals surface area contributed by atoms with Gasteiger partial charge in [0.15, 0.2) is 0 Å². The van der Waals surface area contributed by atoms with Crippen molar-refractivity contribution in [3.8, 4) is 0 Å². The first-order chi connectivity index (χ1) is 8.27. The molecule has 0 atom stereocenters. The van der Waals surface area contributed by atoms with E-state index in [1.165, 1.54) is 25.7 Å². The van der Waals surface area contributed by atoms with Crippen LogP contribution in [0, 0.1) is 0 Å². The number of ether oxygens (including phenoxy) is 1. The van der Waals surface area contributed by atoms with E-state index in [4.69, 9.17) is 4.74 Å². The zero-order valence-corrected chi connectivity index (χ0v) is 11.2. The largest absolute Gasteiger partial charge is 0.380 e. The van der Waals surface area contributed by atoms with E-state index < -0.39 is 0 Å². The molecule has 0 aromatic carbocycles. The van der Waals surface area contributed by atoms with Crippen molar-refractivity contribution in [3.05, 3.63) is 0 Å². The second-order valence-electron chi connectivity index (χ2n) is 4.53. The van der Waals surface area contributed by atoms with Gasteiger partial charge in [-0.25, -0.2) is 0 Å². The second kappa shape index (κ2) is 8.48. The van der Waals surface area contributed by atoms with Crippen molar-refractivity contribution < 1.29 is 9.53 Å². The summed E-state index contributed by atoms with van der Waals surface area (Å²) in [5, 5.41) is 3.35. The number of hydrogen-bond acceptors (Lipinski definition) is 3. The van der Waals surface area contributed by atoms with Crippen molar-refractivity contribution in [2.45, 2.75) is 45.6 Å². The first-order valence-corrected chi connectivity index (χ1v) is 6.86. The summed E-state index contributed by atoms with van der Waals surface area (Å²) < 4.78 is 5.28. The van der Waals surface area contributed by atoms with E-state index in [0.717, 1.165) is 6.54 Å². The molecule has 4 heteroatoms. The van der Waals surface area contributed by atoms with Gasteiger partial charge in [-0.1, -0.05) is 12.8 Å². The minimum atomic E-state index is 0.194. The average Bonchev–Trinajstić information content (AvgIpc) is 2.85. The van der Waals surface area contributed by atoms with E-state index in [0.29, 0.717) is 32.3 Å². The van der Waals surface area contributed by atoms with E-state index >= 15 is 0 Å². The Bertz CT molecular complexity index is 215. The molecule has 0 aromatic rings. The highest BCUT2D eigenvalue weighted by atomic mass is 16.5. The SMILES string of the molecule is CCOCCN(CC)C(=O)CNC1CCCC1. The fraction of sp³-hybridized carbons (Fsp3) is 0.923. The van der Waals surface area contributed by atoms with Crippen LogP contribution < -0.4 is 5.32 Å². The van der Waals surface area contributed by atoms with Crippen molar-refractivity contribution in [3.63, 3.8) is 0 Å². The normalized spacial score (nSPS) is 16.4. The molecule has 17 heavy (non-hydrogen) atoms. The van der Waals surface area contributed by atoms with Crippen molar-refractivity contribution in [2.24, 2.45) is 0 Å². The van der Waals surface area contributed by atoms with Crippen LogP contribution in [0.25, 0.3) is 0 Å². The Hall–Kier alpha value is -0.610. The molecule has 0 radical (unpaired) electrons. The van der Waals surface area contributed by atoms with Gasteiger partial charge in [-0.15, -0.1) is 0 Å². The number of amides is 1. The number of hydrogen-bond donors (Lipinski definition) is 1. The van der Waals surface area contributed by atoms with Crippen LogP contribution in [0.4, 0.5) is 0 Å². The van der Waals surface area contributed by atoms with Gasteiger partial charge in [0, 0.05) is 25.7 Å². The average molecular weight is 242 g/mol. The van der Waals surface area contributed by atoms with Crippen molar-refractivity contribution in [1.29, 1.82) is 0 Å². The third-order valence-electron chi connectivity index (χ3n) is 3.34. The molecule has 0 unspecified atom stereocenters. The lowest BCUT2D eigenvalue weighted by Crippen LogP contribution is -2.42. The predicted octanol–water partition coefficient (Wildman–Crippen LogP) is 1.40. The fourth-order valence-electron chi connectivity index (χ4n) is 2.25. The van der Waals surface area contributed by atoms with E-state index in [1.54, 1.807) is 0 Å². The molecule has 1 fully saturated rings. The monoisotopic (exact) mass is 242 g/mol. The quantitative estimate of drug-likeness (QED) is 0.654. The summed E-state index contributed by atoms with van der Waals surface area (Å²) >= 11 is 0. The third kappa shape index (κ3) is 5.50. The van der Waals surface area contributed by atoms with Crippen LogP contribution in [0.5, 0.6) is 0 Å². The number of rotatable bonds is 8. The lowest BCUT2D eigenvalue weighted by molar-refractivity contribution is -0.130. The molecular weight excluding hydrogens is 216 g/mol.